The number of aliphatic hydroxyl groups excluding tert-OH is 1. The number of Topliss-reactive ketones (excluding diaryl/α,β-unsaturated/α-hetero) is 1. The van der Waals surface area contributed by atoms with E-state index in [4.69, 9.17) is 28.4 Å². The van der Waals surface area contributed by atoms with Crippen molar-refractivity contribution in [1.82, 2.24) is 5.32 Å². The molecule has 1 saturated heterocycles. The number of carbonyl (C=O) groups is 7. The third kappa shape index (κ3) is 9.21. The van der Waals surface area contributed by atoms with E-state index in [0.29, 0.717) is 18.4 Å². The monoisotopic (exact) mass is 951 g/mol. The number of esters is 5. The van der Waals surface area contributed by atoms with E-state index in [1.54, 1.807) is 113 Å². The second kappa shape index (κ2) is 20.0. The first-order valence-corrected chi connectivity index (χ1v) is 23.5. The molecule has 3 aromatic carbocycles. The molecule has 1 heterocycles. The summed E-state index contributed by atoms with van der Waals surface area (Å²) in [6.07, 6.45) is -10.0. The van der Waals surface area contributed by atoms with E-state index in [2.05, 4.69) is 5.32 Å². The Kier molecular flexibility index (Phi) is 14.7. The van der Waals surface area contributed by atoms with Crippen LogP contribution in [0.25, 0.3) is 0 Å². The lowest BCUT2D eigenvalue weighted by molar-refractivity contribution is -0.346. The lowest BCUT2D eigenvalue weighted by atomic mass is 9.44. The maximum absolute atomic E-state index is 15.9. The molecule has 7 rings (SSSR count). The Hall–Kier alpha value is -6.23. The molecule has 0 spiro atoms. The molecule has 16 heteroatoms. The van der Waals surface area contributed by atoms with Crippen LogP contribution in [0.15, 0.2) is 102 Å². The summed E-state index contributed by atoms with van der Waals surface area (Å²) in [6, 6.07) is 23.1. The molecular weight excluding hydrogens is 891 g/mol. The van der Waals surface area contributed by atoms with Gasteiger partial charge >= 0.3 is 29.8 Å². The number of aliphatic hydroxyl groups is 2. The number of hydrogen-bond donors (Lipinski definition) is 3. The number of rotatable bonds is 15. The first-order chi connectivity index (χ1) is 32.7. The molecular formula is C53H61NO15. The molecule has 3 aromatic rings. The molecule has 3 fully saturated rings. The van der Waals surface area contributed by atoms with Gasteiger partial charge in [-0.1, -0.05) is 94.4 Å². The molecule has 1 aliphatic heterocycles. The van der Waals surface area contributed by atoms with Crippen LogP contribution in [0.2, 0.25) is 0 Å². The van der Waals surface area contributed by atoms with Crippen LogP contribution in [0, 0.1) is 16.7 Å². The van der Waals surface area contributed by atoms with Gasteiger partial charge in [0, 0.05) is 43.6 Å². The van der Waals surface area contributed by atoms with Crippen LogP contribution < -0.4 is 5.32 Å². The van der Waals surface area contributed by atoms with Gasteiger partial charge in [0.25, 0.3) is 5.91 Å². The number of ether oxygens (including phenoxy) is 6. The maximum Gasteiger partial charge on any atom is 0.350 e. The molecule has 0 aromatic heterocycles. The number of carbonyl (C=O) groups excluding carboxylic acids is 7. The fraction of sp³-hybridized carbons (Fsp3) is 0.491. The highest BCUT2D eigenvalue weighted by Gasteiger charge is 2.78. The van der Waals surface area contributed by atoms with Crippen LogP contribution in [0.3, 0.4) is 0 Å². The molecule has 3 N–H and O–H groups in total. The largest absolute Gasteiger partial charge is 0.455 e. The van der Waals surface area contributed by atoms with Crippen molar-refractivity contribution >= 4 is 41.5 Å². The fourth-order valence-electron chi connectivity index (χ4n) is 10.9. The Morgan fingerprint density at radius 2 is 1.39 bits per heavy atom. The van der Waals surface area contributed by atoms with Gasteiger partial charge in [-0.25, -0.2) is 9.59 Å². The lowest BCUT2D eigenvalue weighted by Crippen LogP contribution is -2.82. The van der Waals surface area contributed by atoms with Crippen molar-refractivity contribution in [3.05, 3.63) is 119 Å². The Bertz CT molecular complexity index is 2470. The van der Waals surface area contributed by atoms with Crippen LogP contribution >= 0.6 is 0 Å². The summed E-state index contributed by atoms with van der Waals surface area (Å²) in [6.45, 7) is 10.4. The molecule has 2 saturated carbocycles. The average molecular weight is 952 g/mol. The zero-order valence-corrected chi connectivity index (χ0v) is 39.9. The van der Waals surface area contributed by atoms with Crippen molar-refractivity contribution in [1.29, 1.82) is 0 Å². The van der Waals surface area contributed by atoms with Gasteiger partial charge in [0.1, 0.15) is 30.0 Å². The molecule has 3 unspecified atom stereocenters. The maximum atomic E-state index is 15.9. The smallest absolute Gasteiger partial charge is 0.350 e. The summed E-state index contributed by atoms with van der Waals surface area (Å²) >= 11 is 0. The minimum Gasteiger partial charge on any atom is -0.455 e. The zero-order chi connectivity index (χ0) is 50.1. The SMILES string of the molecule is CCCC(=O)OC(C(=O)O[C@H]1C[C@@]2(O)[C@@H](OC(=O)c3ccccc3)C3[C@](C)(C(=O)[C@H](OC(=O)CCC)C(=C1C)C2(C)C)[C@@H](O)C[C@H]1OC[C@@]31OC(C)=O)C(NC(=O)c1ccccc1)c1ccccc1. The predicted octanol–water partition coefficient (Wildman–Crippen LogP) is 5.87. The van der Waals surface area contributed by atoms with Gasteiger partial charge in [0.15, 0.2) is 17.5 Å². The van der Waals surface area contributed by atoms with E-state index < -0.39 is 119 Å². The molecule has 1 amide bonds. The fourth-order valence-corrected chi connectivity index (χ4v) is 10.9. The van der Waals surface area contributed by atoms with E-state index in [9.17, 15) is 34.2 Å². The van der Waals surface area contributed by atoms with Gasteiger partial charge in [-0.3, -0.25) is 24.0 Å². The number of hydrogen-bond acceptors (Lipinski definition) is 15. The lowest BCUT2D eigenvalue weighted by Gasteiger charge is -2.67. The minimum atomic E-state index is -2.43. The van der Waals surface area contributed by atoms with Crippen molar-refractivity contribution in [2.75, 3.05) is 6.61 Å². The Labute approximate surface area is 401 Å². The second-order valence-corrected chi connectivity index (χ2v) is 19.2. The summed E-state index contributed by atoms with van der Waals surface area (Å²) in [5.41, 5.74) is -7.15. The van der Waals surface area contributed by atoms with E-state index in [1.807, 2.05) is 0 Å². The van der Waals surface area contributed by atoms with E-state index in [1.165, 1.54) is 19.1 Å². The zero-order valence-electron chi connectivity index (χ0n) is 39.9. The molecule has 3 aliphatic carbocycles. The van der Waals surface area contributed by atoms with Crippen molar-refractivity contribution < 1.29 is 72.2 Å². The molecule has 16 nitrogen and oxygen atoms in total. The normalized spacial score (nSPS) is 29.7. The molecule has 69 heavy (non-hydrogen) atoms. The van der Waals surface area contributed by atoms with Crippen molar-refractivity contribution in [3.8, 4) is 0 Å². The summed E-state index contributed by atoms with van der Waals surface area (Å²) < 4.78 is 37.0. The highest BCUT2D eigenvalue weighted by Crippen LogP contribution is 2.64. The highest BCUT2D eigenvalue weighted by molar-refractivity contribution is 5.96. The number of fused-ring (bicyclic) bond motifs is 5. The quantitative estimate of drug-likeness (QED) is 0.0920. The summed E-state index contributed by atoms with van der Waals surface area (Å²) in [5, 5.41) is 29.1. The number of nitrogens with one attached hydrogen (secondary N) is 1. The van der Waals surface area contributed by atoms with Crippen LogP contribution in [0.1, 0.15) is 119 Å². The van der Waals surface area contributed by atoms with Gasteiger partial charge in [0.2, 0.25) is 6.10 Å². The molecule has 0 radical (unpaired) electrons. The van der Waals surface area contributed by atoms with Gasteiger partial charge in [-0.05, 0) is 67.7 Å². The molecule has 11 atom stereocenters. The first kappa shape index (κ1) is 50.6. The minimum absolute atomic E-state index is 0.00109. The summed E-state index contributed by atoms with van der Waals surface area (Å²) in [7, 11) is 0. The van der Waals surface area contributed by atoms with Crippen molar-refractivity contribution in [2.24, 2.45) is 16.7 Å². The van der Waals surface area contributed by atoms with E-state index in [0.717, 1.165) is 6.92 Å². The number of amides is 1. The van der Waals surface area contributed by atoms with Gasteiger partial charge in [-0.2, -0.15) is 0 Å². The summed E-state index contributed by atoms with van der Waals surface area (Å²) in [5.74, 6) is -7.47. The predicted molar refractivity (Wildman–Crippen MR) is 246 cm³/mol. The molecule has 2 bridgehead atoms. The molecule has 4 aliphatic rings. The van der Waals surface area contributed by atoms with E-state index >= 15 is 9.59 Å². The van der Waals surface area contributed by atoms with Crippen molar-refractivity contribution in [3.63, 3.8) is 0 Å². The molecule has 368 valence electrons. The van der Waals surface area contributed by atoms with Gasteiger partial charge in [-0.15, -0.1) is 0 Å². The van der Waals surface area contributed by atoms with Gasteiger partial charge in [0.05, 0.1) is 29.6 Å². The van der Waals surface area contributed by atoms with Crippen LogP contribution in [-0.4, -0.2) is 106 Å². The van der Waals surface area contributed by atoms with Crippen molar-refractivity contribution in [2.45, 2.75) is 141 Å². The van der Waals surface area contributed by atoms with Crippen LogP contribution in [0.5, 0.6) is 0 Å². The standard InChI is InChI=1S/C53H61NO15/c1-8-19-38(57)66-42-40-30(3)35(65-49(62)43(67-39(58)20-9-2)41(32-21-13-10-14-22-32)54-47(60)33-23-15-11-16-24-33)28-53(63,50(40,5)6)46(68-48(61)34-25-17-12-18-26-34)44-51(7,45(42)59)36(56)27-37-52(44,29-64-37)69-31(4)55/h10-18,21-26,35-37,41-44,46,56,63H,8-9,19-20,27-29H2,1-7H3,(H,54,60)/t35-,36-,37+,41?,42+,43?,44?,46-,51+,52-,53+/m0/s1. The van der Waals surface area contributed by atoms with Crippen LogP contribution in [-0.2, 0) is 52.4 Å². The van der Waals surface area contributed by atoms with Gasteiger partial charge < -0.3 is 44.0 Å². The van der Waals surface area contributed by atoms with E-state index in [-0.39, 0.29) is 48.1 Å². The number of ketones is 1. The third-order valence-electron chi connectivity index (χ3n) is 14.6. The second-order valence-electron chi connectivity index (χ2n) is 19.2. The Balaban J connectivity index is 1.44. The van der Waals surface area contributed by atoms with Crippen LogP contribution in [0.4, 0.5) is 0 Å². The summed E-state index contributed by atoms with van der Waals surface area (Å²) in [4.78, 5) is 99.6. The Morgan fingerprint density at radius 3 is 1.96 bits per heavy atom. The average Bonchev–Trinajstić information content (AvgIpc) is 3.31. The first-order valence-electron chi connectivity index (χ1n) is 23.5. The third-order valence-corrected chi connectivity index (χ3v) is 14.6. The topological polar surface area (TPSA) is 227 Å². The number of benzene rings is 3. The highest BCUT2D eigenvalue weighted by atomic mass is 16.6. The Morgan fingerprint density at radius 1 is 0.812 bits per heavy atom.